The van der Waals surface area contributed by atoms with Crippen molar-refractivity contribution in [1.29, 1.82) is 0 Å². The fraction of sp³-hybridized carbons (Fsp3) is 0. The quantitative estimate of drug-likeness (QED) is 0.0682. The van der Waals surface area contributed by atoms with Gasteiger partial charge >= 0.3 is 0 Å². The van der Waals surface area contributed by atoms with Crippen molar-refractivity contribution in [2.45, 2.75) is 0 Å². The van der Waals surface area contributed by atoms with Gasteiger partial charge in [-0.25, -0.2) is 100 Å². The first kappa shape index (κ1) is 37.6. The van der Waals surface area contributed by atoms with Gasteiger partial charge in [-0.1, -0.05) is 0 Å². The zero-order valence-electron chi connectivity index (χ0n) is 26.0. The molecule has 2 aliphatic rings. The molecule has 4 aromatic carbocycles. The zero-order valence-corrected chi connectivity index (χ0v) is 27.0. The summed E-state index contributed by atoms with van der Waals surface area (Å²) in [6.45, 7) is 0. The van der Waals surface area contributed by atoms with E-state index in [-0.39, 0.29) is 17.1 Å². The van der Waals surface area contributed by atoms with E-state index in [1.165, 1.54) is 0 Å². The largest absolute Gasteiger partial charge is 0.324 e. The first-order valence-electron chi connectivity index (χ1n) is 14.7. The van der Waals surface area contributed by atoms with Crippen molar-refractivity contribution in [3.8, 4) is 45.6 Å². The summed E-state index contributed by atoms with van der Waals surface area (Å²) in [7, 11) is 0. The van der Waals surface area contributed by atoms with Crippen molar-refractivity contribution in [2.75, 3.05) is 0 Å². The van der Waals surface area contributed by atoms with Crippen LogP contribution >= 0.6 is 0 Å². The van der Waals surface area contributed by atoms with Crippen LogP contribution in [0.5, 0.6) is 0 Å². The zero-order chi connectivity index (χ0) is 40.1. The number of nitrogens with one attached hydrogen (secondary N) is 2. The average Bonchev–Trinajstić information content (AvgIpc) is 3.92. The van der Waals surface area contributed by atoms with Gasteiger partial charge in [-0.2, -0.15) is 0 Å². The Labute approximate surface area is 309 Å². The Bertz CT molecular complexity index is 2820. The summed E-state index contributed by atoms with van der Waals surface area (Å²) in [6.07, 6.45) is 0. The number of halogens is 16. The van der Waals surface area contributed by atoms with E-state index in [0.717, 1.165) is 0 Å². The second-order valence-corrected chi connectivity index (χ2v) is 11.6. The minimum absolute atomic E-state index is 0. The SMILES string of the molecule is Fc1c(F)c(F)c2c(c1F)-c1nc-2nc2[nH]c(nc3nc(nc4[nH]c(n1)c1c(F)c(F)c(F)c(F)c41)-c1c(F)c(F)c(F)c(F)c1-3)c1c(F)c(F)c(F)c(F)c21.[Cu]. The van der Waals surface area contributed by atoms with Crippen LogP contribution < -0.4 is 0 Å². The van der Waals surface area contributed by atoms with E-state index in [2.05, 4.69) is 29.9 Å². The maximum absolute atomic E-state index is 15.4. The molecule has 0 saturated carbocycles. The number of benzene rings is 4. The Kier molecular flexibility index (Phi) is 8.12. The topological polar surface area (TPSA) is 109 Å². The molecule has 1 radical (unpaired) electrons. The summed E-state index contributed by atoms with van der Waals surface area (Å²) in [5.74, 6) is -44.2. The minimum atomic E-state index is -2.53. The summed E-state index contributed by atoms with van der Waals surface area (Å²) in [4.78, 5) is 25.5. The van der Waals surface area contributed by atoms with Gasteiger partial charge in [-0.15, -0.1) is 0 Å². The predicted octanol–water partition coefficient (Wildman–Crippen LogP) is 9.09. The number of aromatic nitrogens is 8. The van der Waals surface area contributed by atoms with Gasteiger partial charge in [0.1, 0.15) is 22.6 Å². The van der Waals surface area contributed by atoms with Crippen molar-refractivity contribution in [3.05, 3.63) is 93.1 Å². The molecule has 5 heterocycles. The molecule has 293 valence electrons. The summed E-state index contributed by atoms with van der Waals surface area (Å²) in [5.41, 5.74) is -11.1. The molecule has 7 aromatic rings. The van der Waals surface area contributed by atoms with E-state index in [1.54, 1.807) is 0 Å². The third-order valence-electron chi connectivity index (χ3n) is 8.68. The standard InChI is InChI=1S/C32H2F16N8.Cu/c33-9-1-2(10(34)18(42)17(9)41)26-49-25(1)53-27-3-4(12(36)20(44)19(43)11(3)35)29(50-27)55-31-7-8(16(40)24(48)23(47)15(7)39)32(52-31)56-30-6-5(28(51-30)54-26)13(37)21(45)22(46)14(6)38;/h(H2,49,50,51,52,53,54,55,56);. The number of H-pyrrole nitrogens is 2. The number of hydrogen-bond acceptors (Lipinski definition) is 6. The molecule has 25 heteroatoms. The van der Waals surface area contributed by atoms with Gasteiger partial charge in [0.05, 0.1) is 43.8 Å². The van der Waals surface area contributed by atoms with Crippen LogP contribution in [0, 0.1) is 93.1 Å². The van der Waals surface area contributed by atoms with Crippen molar-refractivity contribution in [2.24, 2.45) is 0 Å². The number of fused-ring (bicyclic) bond motifs is 20. The number of nitrogens with zero attached hydrogens (tertiary/aromatic N) is 6. The van der Waals surface area contributed by atoms with E-state index >= 15 is 35.1 Å². The van der Waals surface area contributed by atoms with Gasteiger partial charge in [-0.3, -0.25) is 0 Å². The van der Waals surface area contributed by atoms with Crippen LogP contribution in [0.15, 0.2) is 0 Å². The molecule has 0 atom stereocenters. The van der Waals surface area contributed by atoms with Crippen LogP contribution in [-0.2, 0) is 17.1 Å². The maximum Gasteiger partial charge on any atom is 0.198 e. The molecule has 8 nitrogen and oxygen atoms in total. The van der Waals surface area contributed by atoms with Crippen LogP contribution in [0.1, 0.15) is 0 Å². The summed E-state index contributed by atoms with van der Waals surface area (Å²) in [5, 5.41) is -5.83. The molecule has 3 aromatic heterocycles. The van der Waals surface area contributed by atoms with E-state index in [4.69, 9.17) is 0 Å². The van der Waals surface area contributed by atoms with E-state index in [0.29, 0.717) is 0 Å². The molecule has 0 saturated heterocycles. The Morgan fingerprint density at radius 3 is 0.596 bits per heavy atom. The molecule has 9 rings (SSSR count). The second kappa shape index (κ2) is 12.3. The predicted molar refractivity (Wildman–Crippen MR) is 155 cm³/mol. The van der Waals surface area contributed by atoms with Gasteiger partial charge in [-0.05, 0) is 0 Å². The summed E-state index contributed by atoms with van der Waals surface area (Å²) >= 11 is 0. The maximum atomic E-state index is 15.4. The average molecular weight is 866 g/mol. The molecular formula is C32H2CuF16N8. The Morgan fingerprint density at radius 1 is 0.228 bits per heavy atom. The van der Waals surface area contributed by atoms with Crippen molar-refractivity contribution < 1.29 is 87.3 Å². The van der Waals surface area contributed by atoms with Crippen LogP contribution in [-0.4, -0.2) is 39.9 Å². The van der Waals surface area contributed by atoms with Crippen LogP contribution in [0.3, 0.4) is 0 Å². The van der Waals surface area contributed by atoms with Gasteiger partial charge in [0, 0.05) is 17.1 Å². The molecule has 0 amide bonds. The second-order valence-electron chi connectivity index (χ2n) is 11.6. The van der Waals surface area contributed by atoms with E-state index in [1.807, 2.05) is 9.97 Å². The molecule has 0 aliphatic carbocycles. The van der Waals surface area contributed by atoms with Gasteiger partial charge in [0.15, 0.2) is 116 Å². The fourth-order valence-corrected chi connectivity index (χ4v) is 6.24. The number of aromatic amines is 2. The molecule has 8 bridgehead atoms. The third-order valence-corrected chi connectivity index (χ3v) is 8.68. The molecule has 57 heavy (non-hydrogen) atoms. The van der Waals surface area contributed by atoms with Gasteiger partial charge in [0.2, 0.25) is 0 Å². The number of hydrogen-bond donors (Lipinski definition) is 2. The molecule has 0 fully saturated rings. The molecule has 0 spiro atoms. The van der Waals surface area contributed by atoms with E-state index < -0.39 is 183 Å². The summed E-state index contributed by atoms with van der Waals surface area (Å²) in [6, 6.07) is 0. The normalized spacial score (nSPS) is 12.1. The van der Waals surface area contributed by atoms with Gasteiger partial charge < -0.3 is 9.97 Å². The molecule has 0 unspecified atom stereocenters. The Morgan fingerprint density at radius 2 is 0.404 bits per heavy atom. The smallest absolute Gasteiger partial charge is 0.198 e. The van der Waals surface area contributed by atoms with Gasteiger partial charge in [0.25, 0.3) is 0 Å². The van der Waals surface area contributed by atoms with Crippen LogP contribution in [0.25, 0.3) is 89.7 Å². The summed E-state index contributed by atoms with van der Waals surface area (Å²) < 4.78 is 240. The number of rotatable bonds is 0. The monoisotopic (exact) mass is 865 g/mol. The van der Waals surface area contributed by atoms with Crippen molar-refractivity contribution in [3.63, 3.8) is 0 Å². The molecule has 2 N–H and O–H groups in total. The Balaban J connectivity index is 0.00000455. The van der Waals surface area contributed by atoms with Crippen molar-refractivity contribution >= 4 is 44.1 Å². The first-order valence-corrected chi connectivity index (χ1v) is 14.7. The molecular weight excluding hydrogens is 864 g/mol. The fourth-order valence-electron chi connectivity index (χ4n) is 6.24. The van der Waals surface area contributed by atoms with Crippen LogP contribution in [0.2, 0.25) is 0 Å². The van der Waals surface area contributed by atoms with Crippen molar-refractivity contribution in [1.82, 2.24) is 39.9 Å². The molecule has 2 aliphatic heterocycles. The van der Waals surface area contributed by atoms with E-state index in [9.17, 15) is 35.1 Å². The minimum Gasteiger partial charge on any atom is -0.324 e. The van der Waals surface area contributed by atoms with Crippen LogP contribution in [0.4, 0.5) is 70.2 Å². The Hall–Kier alpha value is -6.36. The first-order chi connectivity index (χ1) is 26.4. The third kappa shape index (κ3) is 4.77.